The van der Waals surface area contributed by atoms with Gasteiger partial charge in [-0.3, -0.25) is 29.1 Å². The molecular formula is C24H35N3O13. The highest BCUT2D eigenvalue weighted by Gasteiger charge is 2.25. The van der Waals surface area contributed by atoms with Gasteiger partial charge in [0.25, 0.3) is 0 Å². The summed E-state index contributed by atoms with van der Waals surface area (Å²) in [5.41, 5.74) is 0.845. The van der Waals surface area contributed by atoms with E-state index in [4.69, 9.17) is 20.1 Å². The predicted molar refractivity (Wildman–Crippen MR) is 135 cm³/mol. The number of hydrogen-bond donors (Lipinski definition) is 5. The Morgan fingerprint density at radius 3 is 1.70 bits per heavy atom. The van der Waals surface area contributed by atoms with Gasteiger partial charge < -0.3 is 39.7 Å². The minimum absolute atomic E-state index is 0.0109. The third-order valence-electron chi connectivity index (χ3n) is 5.46. The molecule has 0 amide bonds. The van der Waals surface area contributed by atoms with Gasteiger partial charge in [0.2, 0.25) is 0 Å². The molecule has 5 N–H and O–H groups in total. The van der Waals surface area contributed by atoms with Crippen LogP contribution in [-0.2, 0) is 35.2 Å². The van der Waals surface area contributed by atoms with Crippen molar-refractivity contribution < 1.29 is 63.7 Å². The fraction of sp³-hybridized carbons (Fsp3) is 0.542. The first kappa shape index (κ1) is 34.0. The van der Waals surface area contributed by atoms with Gasteiger partial charge in [0, 0.05) is 32.7 Å². The van der Waals surface area contributed by atoms with Gasteiger partial charge in [0.1, 0.15) is 13.2 Å². The van der Waals surface area contributed by atoms with E-state index in [1.807, 2.05) is 30.3 Å². The van der Waals surface area contributed by atoms with Crippen LogP contribution in [0.4, 0.5) is 9.59 Å². The summed E-state index contributed by atoms with van der Waals surface area (Å²) in [6, 6.07) is 8.29. The molecule has 0 fully saturated rings. The molecule has 16 nitrogen and oxygen atoms in total. The molecule has 16 heteroatoms. The van der Waals surface area contributed by atoms with Gasteiger partial charge in [-0.2, -0.15) is 0 Å². The van der Waals surface area contributed by atoms with Crippen LogP contribution >= 0.6 is 0 Å². The van der Waals surface area contributed by atoms with E-state index in [1.165, 1.54) is 14.7 Å². The van der Waals surface area contributed by atoms with Crippen LogP contribution in [0.2, 0.25) is 0 Å². The van der Waals surface area contributed by atoms with Gasteiger partial charge in [0.05, 0.1) is 38.9 Å². The van der Waals surface area contributed by atoms with E-state index in [2.05, 4.69) is 9.47 Å². The zero-order chi connectivity index (χ0) is 29.9. The summed E-state index contributed by atoms with van der Waals surface area (Å²) in [5.74, 6) is -3.57. The lowest BCUT2D eigenvalue weighted by atomic mass is 10.2. The largest absolute Gasteiger partial charge is 0.505 e. The summed E-state index contributed by atoms with van der Waals surface area (Å²) in [6.07, 6.45) is -3.07. The van der Waals surface area contributed by atoms with Crippen molar-refractivity contribution in [1.29, 1.82) is 0 Å². The van der Waals surface area contributed by atoms with Crippen molar-refractivity contribution in [2.24, 2.45) is 0 Å². The van der Waals surface area contributed by atoms with Crippen molar-refractivity contribution >= 4 is 30.2 Å². The normalized spacial score (nSPS) is 11.9. The zero-order valence-electron chi connectivity index (χ0n) is 21.8. The van der Waals surface area contributed by atoms with Crippen LogP contribution in [-0.4, -0.2) is 149 Å². The van der Waals surface area contributed by atoms with Crippen molar-refractivity contribution in [2.45, 2.75) is 12.6 Å². The van der Waals surface area contributed by atoms with E-state index in [1.54, 1.807) is 0 Å². The summed E-state index contributed by atoms with van der Waals surface area (Å²) in [4.78, 5) is 60.0. The van der Waals surface area contributed by atoms with E-state index >= 15 is 0 Å². The standard InChI is InChI=1S/C24H35N3O13/c28-20(29)12-25(6-7-26(13-21(30)31)10-11-39-23(34)35)8-9-27(14-22(32)33)19(17-40-24(36)37)16-38-15-18-4-2-1-3-5-18/h1-5,19H,6-17H2,(H,28,29)(H,30,31)(H,32,33)(H,34,35)(H,36,37). The number of benzene rings is 1. The van der Waals surface area contributed by atoms with Crippen molar-refractivity contribution in [3.8, 4) is 0 Å². The maximum Gasteiger partial charge on any atom is 0.505 e. The smallest absolute Gasteiger partial charge is 0.480 e. The van der Waals surface area contributed by atoms with E-state index in [-0.39, 0.29) is 52.5 Å². The molecule has 0 bridgehead atoms. The summed E-state index contributed by atoms with van der Waals surface area (Å²) >= 11 is 0. The highest BCUT2D eigenvalue weighted by atomic mass is 16.7. The van der Waals surface area contributed by atoms with E-state index < -0.39 is 62.5 Å². The lowest BCUT2D eigenvalue weighted by molar-refractivity contribution is -0.141. The lowest BCUT2D eigenvalue weighted by Gasteiger charge is -2.32. The van der Waals surface area contributed by atoms with Crippen molar-refractivity contribution in [1.82, 2.24) is 14.7 Å². The number of rotatable bonds is 22. The van der Waals surface area contributed by atoms with Crippen LogP contribution < -0.4 is 0 Å². The Labute approximate surface area is 229 Å². The van der Waals surface area contributed by atoms with Gasteiger partial charge >= 0.3 is 30.2 Å². The second kappa shape index (κ2) is 19.1. The molecule has 224 valence electrons. The summed E-state index contributed by atoms with van der Waals surface area (Å²) in [7, 11) is 0. The molecule has 1 rings (SSSR count). The van der Waals surface area contributed by atoms with Crippen LogP contribution in [0.5, 0.6) is 0 Å². The van der Waals surface area contributed by atoms with Gasteiger partial charge in [-0.15, -0.1) is 0 Å². The Morgan fingerprint density at radius 2 is 1.18 bits per heavy atom. The van der Waals surface area contributed by atoms with Crippen LogP contribution in [0.1, 0.15) is 5.56 Å². The molecule has 1 aromatic rings. The Balaban J connectivity index is 2.90. The molecule has 0 saturated heterocycles. The number of hydrogen-bond acceptors (Lipinski definition) is 11. The maximum absolute atomic E-state index is 11.6. The predicted octanol–water partition coefficient (Wildman–Crippen LogP) is 0.121. The van der Waals surface area contributed by atoms with Gasteiger partial charge in [0.15, 0.2) is 0 Å². The Morgan fingerprint density at radius 1 is 0.650 bits per heavy atom. The average molecular weight is 574 g/mol. The monoisotopic (exact) mass is 573 g/mol. The highest BCUT2D eigenvalue weighted by Crippen LogP contribution is 2.07. The Kier molecular flexibility index (Phi) is 16.3. The molecule has 40 heavy (non-hydrogen) atoms. The van der Waals surface area contributed by atoms with Gasteiger partial charge in [-0.25, -0.2) is 9.59 Å². The molecule has 1 unspecified atom stereocenters. The SMILES string of the molecule is O=C(O)CN(CCOC(=O)O)CCN(CCN(CC(=O)O)C(COCc1ccccc1)COC(=O)O)CC(=O)O. The molecule has 1 atom stereocenters. The van der Waals surface area contributed by atoms with Crippen LogP contribution in [0, 0.1) is 0 Å². The molecule has 0 aliphatic rings. The minimum atomic E-state index is -1.55. The summed E-state index contributed by atoms with van der Waals surface area (Å²) in [5, 5.41) is 45.5. The maximum atomic E-state index is 11.6. The third kappa shape index (κ3) is 16.8. The number of ether oxygens (including phenoxy) is 3. The molecule has 0 aromatic heterocycles. The fourth-order valence-electron chi connectivity index (χ4n) is 3.62. The molecule has 0 aliphatic carbocycles. The number of carboxylic acids is 3. The topological polar surface area (TPSA) is 224 Å². The van der Waals surface area contributed by atoms with E-state index in [0.717, 1.165) is 5.56 Å². The van der Waals surface area contributed by atoms with E-state index in [0.29, 0.717) is 0 Å². The Hall–Kier alpha value is -3.99. The number of nitrogens with zero attached hydrogens (tertiary/aromatic N) is 3. The highest BCUT2D eigenvalue weighted by molar-refractivity contribution is 5.70. The molecule has 0 saturated carbocycles. The second-order valence-corrected chi connectivity index (χ2v) is 8.55. The summed E-state index contributed by atoms with van der Waals surface area (Å²) in [6.45, 7) is -1.92. The van der Waals surface area contributed by atoms with Crippen molar-refractivity contribution in [3.63, 3.8) is 0 Å². The first-order chi connectivity index (χ1) is 19.0. The van der Waals surface area contributed by atoms with Gasteiger partial charge in [-0.05, 0) is 5.56 Å². The Bertz CT molecular complexity index is 947. The number of carbonyl (C=O) groups is 5. The average Bonchev–Trinajstić information content (AvgIpc) is 2.86. The van der Waals surface area contributed by atoms with E-state index in [9.17, 15) is 34.2 Å². The molecule has 0 spiro atoms. The zero-order valence-corrected chi connectivity index (χ0v) is 21.8. The van der Waals surface area contributed by atoms with Crippen LogP contribution in [0.15, 0.2) is 30.3 Å². The van der Waals surface area contributed by atoms with Crippen molar-refractivity contribution in [3.05, 3.63) is 35.9 Å². The van der Waals surface area contributed by atoms with Gasteiger partial charge in [-0.1, -0.05) is 30.3 Å². The number of carboxylic acid groups (broad SMARTS) is 5. The second-order valence-electron chi connectivity index (χ2n) is 8.55. The quantitative estimate of drug-likeness (QED) is 0.116. The first-order valence-corrected chi connectivity index (χ1v) is 12.1. The number of aliphatic carboxylic acids is 3. The molecule has 0 heterocycles. The van der Waals surface area contributed by atoms with Crippen LogP contribution in [0.3, 0.4) is 0 Å². The molecule has 0 aliphatic heterocycles. The van der Waals surface area contributed by atoms with Crippen molar-refractivity contribution in [2.75, 3.05) is 72.2 Å². The molecule has 1 aromatic carbocycles. The van der Waals surface area contributed by atoms with Crippen LogP contribution in [0.25, 0.3) is 0 Å². The summed E-state index contributed by atoms with van der Waals surface area (Å²) < 4.78 is 14.8. The third-order valence-corrected chi connectivity index (χ3v) is 5.46. The fourth-order valence-corrected chi connectivity index (χ4v) is 3.62. The lowest BCUT2D eigenvalue weighted by Crippen LogP contribution is -2.49. The first-order valence-electron chi connectivity index (χ1n) is 12.1. The molecular weight excluding hydrogens is 538 g/mol. The molecule has 0 radical (unpaired) electrons. The minimum Gasteiger partial charge on any atom is -0.480 e.